The number of hydrazone groups is 1. The third-order valence-corrected chi connectivity index (χ3v) is 6.02. The number of H-pyrrole nitrogens is 1. The van der Waals surface area contributed by atoms with Gasteiger partial charge in [0.15, 0.2) is 0 Å². The van der Waals surface area contributed by atoms with Gasteiger partial charge in [-0.3, -0.25) is 9.59 Å². The van der Waals surface area contributed by atoms with Crippen LogP contribution in [-0.2, 0) is 4.79 Å². The summed E-state index contributed by atoms with van der Waals surface area (Å²) < 4.78 is 27.1. The van der Waals surface area contributed by atoms with Gasteiger partial charge < -0.3 is 25.9 Å². The van der Waals surface area contributed by atoms with E-state index in [9.17, 15) is 18.4 Å². The van der Waals surface area contributed by atoms with Crippen LogP contribution in [0.4, 0.5) is 14.7 Å². The molecule has 0 saturated carbocycles. The van der Waals surface area contributed by atoms with Crippen LogP contribution in [0.5, 0.6) is 0 Å². The van der Waals surface area contributed by atoms with Crippen LogP contribution in [0.15, 0.2) is 47.8 Å². The fraction of sp³-hybridized carbons (Fsp3) is 0.261. The SMILES string of the molecule is NC(=O)c1c[nH]c(-c2ccnc(N3CCN(C(=O)C4=NN[C@H](c5cc(F)cc(F)c5)C4)CC3)n2)c1. The minimum absolute atomic E-state index is 0.212. The first-order valence-electron chi connectivity index (χ1n) is 11.0. The van der Waals surface area contributed by atoms with E-state index in [-0.39, 0.29) is 12.3 Å². The van der Waals surface area contributed by atoms with E-state index in [1.54, 1.807) is 23.2 Å². The summed E-state index contributed by atoms with van der Waals surface area (Å²) in [5, 5.41) is 4.12. The zero-order valence-electron chi connectivity index (χ0n) is 18.5. The highest BCUT2D eigenvalue weighted by Crippen LogP contribution is 2.25. The minimum atomic E-state index is -0.673. The van der Waals surface area contributed by atoms with Crippen LogP contribution in [0.25, 0.3) is 11.4 Å². The summed E-state index contributed by atoms with van der Waals surface area (Å²) >= 11 is 0. The first-order valence-corrected chi connectivity index (χ1v) is 11.0. The number of anilines is 1. The van der Waals surface area contributed by atoms with Crippen molar-refractivity contribution in [1.82, 2.24) is 25.3 Å². The number of carbonyl (C=O) groups is 2. The van der Waals surface area contributed by atoms with E-state index in [0.717, 1.165) is 6.07 Å². The van der Waals surface area contributed by atoms with Gasteiger partial charge in [0.05, 0.1) is 23.0 Å². The van der Waals surface area contributed by atoms with E-state index < -0.39 is 23.6 Å². The summed E-state index contributed by atoms with van der Waals surface area (Å²) in [7, 11) is 0. The number of carbonyl (C=O) groups excluding carboxylic acids is 2. The highest BCUT2D eigenvalue weighted by atomic mass is 19.1. The molecule has 2 amide bonds. The Balaban J connectivity index is 1.20. The summed E-state index contributed by atoms with van der Waals surface area (Å²) in [5.41, 5.74) is 10.5. The van der Waals surface area contributed by atoms with Gasteiger partial charge in [-0.25, -0.2) is 18.7 Å². The van der Waals surface area contributed by atoms with Crippen molar-refractivity contribution in [2.45, 2.75) is 12.5 Å². The van der Waals surface area contributed by atoms with E-state index in [0.29, 0.717) is 60.4 Å². The number of piperazine rings is 1. The van der Waals surface area contributed by atoms with Gasteiger partial charge in [0.2, 0.25) is 11.9 Å². The van der Waals surface area contributed by atoms with Crippen LogP contribution in [-0.4, -0.2) is 63.6 Å². The molecule has 0 aliphatic carbocycles. The molecule has 1 fully saturated rings. The van der Waals surface area contributed by atoms with Gasteiger partial charge in [-0.15, -0.1) is 0 Å². The summed E-state index contributed by atoms with van der Waals surface area (Å²) in [5.74, 6) is -1.57. The van der Waals surface area contributed by atoms with Gasteiger partial charge in [0, 0.05) is 51.1 Å². The lowest BCUT2D eigenvalue weighted by atomic mass is 10.0. The summed E-state index contributed by atoms with van der Waals surface area (Å²) in [6, 6.07) is 6.18. The lowest BCUT2D eigenvalue weighted by Crippen LogP contribution is -2.51. The molecule has 4 heterocycles. The van der Waals surface area contributed by atoms with Crippen molar-refractivity contribution in [2.75, 3.05) is 31.1 Å². The zero-order chi connectivity index (χ0) is 24.5. The van der Waals surface area contributed by atoms with Crippen LogP contribution in [0.3, 0.4) is 0 Å². The van der Waals surface area contributed by atoms with E-state index >= 15 is 0 Å². The highest BCUT2D eigenvalue weighted by Gasteiger charge is 2.31. The molecule has 180 valence electrons. The Labute approximate surface area is 198 Å². The molecule has 0 bridgehead atoms. The average molecular weight is 480 g/mol. The molecule has 12 heteroatoms. The molecule has 0 unspecified atom stereocenters. The van der Waals surface area contributed by atoms with E-state index in [1.165, 1.54) is 18.3 Å². The third kappa shape index (κ3) is 4.67. The monoisotopic (exact) mass is 480 g/mol. The number of primary amides is 1. The Morgan fingerprint density at radius 3 is 2.49 bits per heavy atom. The van der Waals surface area contributed by atoms with Crippen molar-refractivity contribution in [1.29, 1.82) is 0 Å². The third-order valence-electron chi connectivity index (χ3n) is 6.02. The summed E-state index contributed by atoms with van der Waals surface area (Å²) in [6.45, 7) is 1.93. The van der Waals surface area contributed by atoms with Crippen molar-refractivity contribution in [2.24, 2.45) is 10.8 Å². The Morgan fingerprint density at radius 1 is 1.06 bits per heavy atom. The number of aromatic nitrogens is 3. The van der Waals surface area contributed by atoms with Crippen LogP contribution in [0, 0.1) is 11.6 Å². The molecular formula is C23H22F2N8O2. The van der Waals surface area contributed by atoms with Crippen LogP contribution in [0.2, 0.25) is 0 Å². The van der Waals surface area contributed by atoms with Gasteiger partial charge in [0.1, 0.15) is 17.3 Å². The molecule has 5 rings (SSSR count). The number of aromatic amines is 1. The second kappa shape index (κ2) is 9.12. The predicted octanol–water partition coefficient (Wildman–Crippen LogP) is 1.59. The topological polar surface area (TPSA) is 133 Å². The maximum Gasteiger partial charge on any atom is 0.270 e. The molecule has 2 aromatic heterocycles. The summed E-state index contributed by atoms with van der Waals surface area (Å²) in [4.78, 5) is 39.9. The van der Waals surface area contributed by atoms with Crippen LogP contribution in [0.1, 0.15) is 28.4 Å². The molecule has 35 heavy (non-hydrogen) atoms. The molecule has 10 nitrogen and oxygen atoms in total. The predicted molar refractivity (Wildman–Crippen MR) is 123 cm³/mol. The first-order chi connectivity index (χ1) is 16.9. The van der Waals surface area contributed by atoms with Crippen LogP contribution >= 0.6 is 0 Å². The van der Waals surface area contributed by atoms with Gasteiger partial charge in [0.25, 0.3) is 5.91 Å². The fourth-order valence-electron chi connectivity index (χ4n) is 4.17. The van der Waals surface area contributed by atoms with E-state index in [4.69, 9.17) is 5.73 Å². The van der Waals surface area contributed by atoms with E-state index in [1.807, 2.05) is 4.90 Å². The normalized spacial score (nSPS) is 17.8. The number of hydrogen-bond donors (Lipinski definition) is 3. The Morgan fingerprint density at radius 2 is 1.80 bits per heavy atom. The fourth-order valence-corrected chi connectivity index (χ4v) is 4.17. The number of amides is 2. The zero-order valence-corrected chi connectivity index (χ0v) is 18.5. The van der Waals surface area contributed by atoms with Gasteiger partial charge >= 0.3 is 0 Å². The molecule has 3 aromatic rings. The van der Waals surface area contributed by atoms with Gasteiger partial charge in [-0.2, -0.15) is 5.10 Å². The molecular weight excluding hydrogens is 458 g/mol. The smallest absolute Gasteiger partial charge is 0.270 e. The second-order valence-electron chi connectivity index (χ2n) is 8.33. The Kier molecular flexibility index (Phi) is 5.85. The van der Waals surface area contributed by atoms with Crippen molar-refractivity contribution >= 4 is 23.5 Å². The quantitative estimate of drug-likeness (QED) is 0.508. The average Bonchev–Trinajstić information content (AvgIpc) is 3.54. The molecule has 4 N–H and O–H groups in total. The Bertz CT molecular complexity index is 1300. The highest BCUT2D eigenvalue weighted by molar-refractivity contribution is 6.39. The molecule has 0 radical (unpaired) electrons. The van der Waals surface area contributed by atoms with Crippen molar-refractivity contribution in [3.8, 4) is 11.4 Å². The van der Waals surface area contributed by atoms with Gasteiger partial charge in [-0.05, 0) is 29.8 Å². The molecule has 2 aliphatic rings. The lowest BCUT2D eigenvalue weighted by Gasteiger charge is -2.34. The standard InChI is InChI=1S/C23H22F2N8O2/c24-15-7-13(8-16(25)10-15)18-11-20(31-30-18)22(35)32-3-5-33(6-4-32)23-27-2-1-17(29-23)19-9-14(12-28-19)21(26)34/h1-2,7-10,12,18,28,30H,3-6,11H2,(H2,26,34)/t18-/m0/s1. The molecule has 2 aliphatic heterocycles. The number of rotatable bonds is 5. The first kappa shape index (κ1) is 22.4. The number of benzene rings is 1. The Hall–Kier alpha value is -4.35. The maximum absolute atomic E-state index is 13.5. The maximum atomic E-state index is 13.5. The lowest BCUT2D eigenvalue weighted by molar-refractivity contribution is -0.124. The number of nitrogens with two attached hydrogens (primary N) is 1. The molecule has 1 saturated heterocycles. The molecule has 1 atom stereocenters. The number of halogens is 2. The number of nitrogens with one attached hydrogen (secondary N) is 2. The van der Waals surface area contributed by atoms with Crippen molar-refractivity contribution in [3.63, 3.8) is 0 Å². The molecule has 0 spiro atoms. The van der Waals surface area contributed by atoms with Gasteiger partial charge in [-0.1, -0.05) is 0 Å². The second-order valence-corrected chi connectivity index (χ2v) is 8.33. The molecule has 1 aromatic carbocycles. The van der Waals surface area contributed by atoms with Crippen molar-refractivity contribution < 1.29 is 18.4 Å². The number of nitrogens with zero attached hydrogens (tertiary/aromatic N) is 5. The van der Waals surface area contributed by atoms with Crippen molar-refractivity contribution in [3.05, 3.63) is 65.5 Å². The largest absolute Gasteiger partial charge is 0.366 e. The summed E-state index contributed by atoms with van der Waals surface area (Å²) in [6.07, 6.45) is 3.41. The number of hydrogen-bond acceptors (Lipinski definition) is 7. The van der Waals surface area contributed by atoms with Crippen LogP contribution < -0.4 is 16.1 Å². The van der Waals surface area contributed by atoms with E-state index in [2.05, 4.69) is 25.5 Å². The minimum Gasteiger partial charge on any atom is -0.366 e.